The number of likely N-dealkylation sites (tertiary alicyclic amines) is 2. The van der Waals surface area contributed by atoms with Crippen molar-refractivity contribution in [2.45, 2.75) is 19.6 Å². The van der Waals surface area contributed by atoms with Crippen molar-refractivity contribution in [3.63, 3.8) is 0 Å². The van der Waals surface area contributed by atoms with Gasteiger partial charge in [-0.2, -0.15) is 0 Å². The molecule has 2 aliphatic heterocycles. The SMILES string of the molecule is CN1C[C@H](COCc2ccccn2)[C@]2(CCN(Cc3nccs3)C2)C1. The van der Waals surface area contributed by atoms with E-state index in [1.807, 2.05) is 30.6 Å². The number of hydrogen-bond acceptors (Lipinski definition) is 6. The summed E-state index contributed by atoms with van der Waals surface area (Å²) in [6, 6.07) is 5.99. The van der Waals surface area contributed by atoms with Crippen molar-refractivity contribution in [1.29, 1.82) is 0 Å². The number of hydrogen-bond donors (Lipinski definition) is 0. The van der Waals surface area contributed by atoms with Crippen LogP contribution >= 0.6 is 11.3 Å². The predicted molar refractivity (Wildman–Crippen MR) is 99.3 cm³/mol. The fourth-order valence-electron chi connectivity index (χ4n) is 4.42. The zero-order valence-corrected chi connectivity index (χ0v) is 15.6. The Morgan fingerprint density at radius 2 is 2.24 bits per heavy atom. The normalized spacial score (nSPS) is 27.5. The molecular weight excluding hydrogens is 332 g/mol. The van der Waals surface area contributed by atoms with Crippen molar-refractivity contribution in [2.24, 2.45) is 11.3 Å². The first-order chi connectivity index (χ1) is 12.2. The van der Waals surface area contributed by atoms with Crippen LogP contribution in [-0.4, -0.2) is 59.6 Å². The second-order valence-corrected chi connectivity index (χ2v) is 8.46. The highest BCUT2D eigenvalue weighted by molar-refractivity contribution is 7.09. The topological polar surface area (TPSA) is 41.5 Å². The average Bonchev–Trinajstić information content (AvgIpc) is 3.32. The quantitative estimate of drug-likeness (QED) is 0.794. The Hall–Kier alpha value is -1.34. The monoisotopic (exact) mass is 358 g/mol. The molecule has 2 aromatic rings. The number of thiazole rings is 1. The lowest BCUT2D eigenvalue weighted by atomic mass is 9.77. The maximum atomic E-state index is 6.06. The summed E-state index contributed by atoms with van der Waals surface area (Å²) in [5.41, 5.74) is 1.38. The lowest BCUT2D eigenvalue weighted by Crippen LogP contribution is -2.36. The van der Waals surface area contributed by atoms with Crippen LogP contribution in [0.3, 0.4) is 0 Å². The zero-order valence-electron chi connectivity index (χ0n) is 14.8. The van der Waals surface area contributed by atoms with E-state index in [9.17, 15) is 0 Å². The van der Waals surface area contributed by atoms with Gasteiger partial charge in [0, 0.05) is 48.7 Å². The Labute approximate surface area is 153 Å². The summed E-state index contributed by atoms with van der Waals surface area (Å²) in [5.74, 6) is 0.600. The van der Waals surface area contributed by atoms with Crippen LogP contribution in [-0.2, 0) is 17.9 Å². The first kappa shape index (κ1) is 17.1. The van der Waals surface area contributed by atoms with Crippen molar-refractivity contribution >= 4 is 11.3 Å². The molecule has 0 bridgehead atoms. The standard InChI is InChI=1S/C19H26N4OS/c1-22-10-16(12-24-13-17-4-2-3-6-20-17)19(14-22)5-8-23(15-19)11-18-21-7-9-25-18/h2-4,6-7,9,16H,5,8,10-15H2,1H3/t16-,19-/m1/s1. The van der Waals surface area contributed by atoms with Crippen LogP contribution in [0.5, 0.6) is 0 Å². The largest absolute Gasteiger partial charge is 0.375 e. The molecule has 25 heavy (non-hydrogen) atoms. The molecule has 0 saturated carbocycles. The summed E-state index contributed by atoms with van der Waals surface area (Å²) < 4.78 is 6.06. The molecule has 4 rings (SSSR count). The molecule has 0 aliphatic carbocycles. The van der Waals surface area contributed by atoms with E-state index in [2.05, 4.69) is 32.2 Å². The van der Waals surface area contributed by atoms with E-state index in [0.717, 1.165) is 31.9 Å². The van der Waals surface area contributed by atoms with Crippen LogP contribution in [0.1, 0.15) is 17.1 Å². The summed E-state index contributed by atoms with van der Waals surface area (Å²) in [6.07, 6.45) is 5.00. The Kier molecular flexibility index (Phi) is 5.12. The molecule has 0 N–H and O–H groups in total. The maximum absolute atomic E-state index is 6.06. The van der Waals surface area contributed by atoms with E-state index in [-0.39, 0.29) is 0 Å². The van der Waals surface area contributed by atoms with E-state index in [4.69, 9.17) is 4.74 Å². The van der Waals surface area contributed by atoms with Gasteiger partial charge in [0.15, 0.2) is 0 Å². The average molecular weight is 359 g/mol. The first-order valence-electron chi connectivity index (χ1n) is 9.00. The van der Waals surface area contributed by atoms with Crippen molar-refractivity contribution < 1.29 is 4.74 Å². The minimum Gasteiger partial charge on any atom is -0.375 e. The van der Waals surface area contributed by atoms with Crippen LogP contribution in [0.4, 0.5) is 0 Å². The van der Waals surface area contributed by atoms with E-state index in [0.29, 0.717) is 17.9 Å². The highest BCUT2D eigenvalue weighted by Gasteiger charge is 2.49. The van der Waals surface area contributed by atoms with Crippen LogP contribution in [0, 0.1) is 11.3 Å². The van der Waals surface area contributed by atoms with Gasteiger partial charge in [-0.15, -0.1) is 11.3 Å². The van der Waals surface area contributed by atoms with E-state index >= 15 is 0 Å². The number of rotatable bonds is 6. The second kappa shape index (κ2) is 7.50. The summed E-state index contributed by atoms with van der Waals surface area (Å²) in [6.45, 7) is 7.07. The Morgan fingerprint density at radius 1 is 1.28 bits per heavy atom. The molecule has 134 valence electrons. The molecule has 0 unspecified atom stereocenters. The minimum absolute atomic E-state index is 0.371. The van der Waals surface area contributed by atoms with Gasteiger partial charge in [0.2, 0.25) is 0 Å². The third kappa shape index (κ3) is 3.92. The molecular formula is C19H26N4OS. The van der Waals surface area contributed by atoms with Crippen molar-refractivity contribution in [3.05, 3.63) is 46.7 Å². The first-order valence-corrected chi connectivity index (χ1v) is 9.88. The Morgan fingerprint density at radius 3 is 3.04 bits per heavy atom. The molecule has 6 heteroatoms. The summed E-state index contributed by atoms with van der Waals surface area (Å²) >= 11 is 1.76. The molecule has 2 saturated heterocycles. The minimum atomic E-state index is 0.371. The maximum Gasteiger partial charge on any atom is 0.107 e. The van der Waals surface area contributed by atoms with Crippen LogP contribution in [0.2, 0.25) is 0 Å². The number of ether oxygens (including phenoxy) is 1. The fourth-order valence-corrected chi connectivity index (χ4v) is 5.08. The molecule has 2 atom stereocenters. The lowest BCUT2D eigenvalue weighted by Gasteiger charge is -2.30. The van der Waals surface area contributed by atoms with Gasteiger partial charge in [0.1, 0.15) is 5.01 Å². The van der Waals surface area contributed by atoms with Gasteiger partial charge < -0.3 is 9.64 Å². The van der Waals surface area contributed by atoms with Gasteiger partial charge in [-0.1, -0.05) is 6.07 Å². The third-order valence-corrected chi connectivity index (χ3v) is 6.35. The van der Waals surface area contributed by atoms with Gasteiger partial charge >= 0.3 is 0 Å². The van der Waals surface area contributed by atoms with Gasteiger partial charge in [-0.3, -0.25) is 9.88 Å². The third-order valence-electron chi connectivity index (χ3n) is 5.58. The van der Waals surface area contributed by atoms with E-state index in [1.165, 1.54) is 24.5 Å². The molecule has 1 spiro atoms. The van der Waals surface area contributed by atoms with Crippen LogP contribution < -0.4 is 0 Å². The van der Waals surface area contributed by atoms with E-state index < -0.39 is 0 Å². The van der Waals surface area contributed by atoms with Gasteiger partial charge in [-0.05, 0) is 32.1 Å². The molecule has 0 amide bonds. The van der Waals surface area contributed by atoms with Crippen molar-refractivity contribution in [1.82, 2.24) is 19.8 Å². The Balaban J connectivity index is 1.34. The zero-order chi connectivity index (χ0) is 17.1. The van der Waals surface area contributed by atoms with Crippen molar-refractivity contribution in [2.75, 3.05) is 39.8 Å². The molecule has 2 fully saturated rings. The van der Waals surface area contributed by atoms with Gasteiger partial charge in [-0.25, -0.2) is 4.98 Å². The van der Waals surface area contributed by atoms with Crippen LogP contribution in [0.15, 0.2) is 36.0 Å². The van der Waals surface area contributed by atoms with Crippen LogP contribution in [0.25, 0.3) is 0 Å². The highest BCUT2D eigenvalue weighted by Crippen LogP contribution is 2.44. The number of nitrogens with zero attached hydrogens (tertiary/aromatic N) is 4. The summed E-state index contributed by atoms with van der Waals surface area (Å²) in [7, 11) is 2.24. The summed E-state index contributed by atoms with van der Waals surface area (Å²) in [4.78, 5) is 13.8. The number of aromatic nitrogens is 2. The molecule has 2 aromatic heterocycles. The van der Waals surface area contributed by atoms with Gasteiger partial charge in [0.25, 0.3) is 0 Å². The second-order valence-electron chi connectivity index (χ2n) is 7.48. The molecule has 2 aliphatic rings. The smallest absolute Gasteiger partial charge is 0.107 e. The molecule has 0 aromatic carbocycles. The number of pyridine rings is 1. The molecule has 0 radical (unpaired) electrons. The van der Waals surface area contributed by atoms with Gasteiger partial charge in [0.05, 0.1) is 25.5 Å². The Bertz CT molecular complexity index is 665. The lowest BCUT2D eigenvalue weighted by molar-refractivity contribution is 0.0501. The fraction of sp³-hybridized carbons (Fsp3) is 0.579. The molecule has 4 heterocycles. The summed E-state index contributed by atoms with van der Waals surface area (Å²) in [5, 5.41) is 3.30. The van der Waals surface area contributed by atoms with Crippen molar-refractivity contribution in [3.8, 4) is 0 Å². The highest BCUT2D eigenvalue weighted by atomic mass is 32.1. The van der Waals surface area contributed by atoms with E-state index in [1.54, 1.807) is 11.3 Å². The predicted octanol–water partition coefficient (Wildman–Crippen LogP) is 2.51. The molecule has 5 nitrogen and oxygen atoms in total.